The van der Waals surface area contributed by atoms with Gasteiger partial charge in [0.15, 0.2) is 11.6 Å². The van der Waals surface area contributed by atoms with E-state index in [1.54, 1.807) is 36.4 Å². The zero-order valence-electron chi connectivity index (χ0n) is 21.4. The fourth-order valence-corrected chi connectivity index (χ4v) is 3.92. The van der Waals surface area contributed by atoms with Crippen LogP contribution in [0.1, 0.15) is 80.3 Å². The van der Waals surface area contributed by atoms with Gasteiger partial charge in [0.05, 0.1) is 11.1 Å². The number of likely N-dealkylation sites (N-methyl/N-ethyl adjacent to an activating group) is 2. The summed E-state index contributed by atoms with van der Waals surface area (Å²) in [5, 5.41) is 0. The van der Waals surface area contributed by atoms with Crippen LogP contribution in [0, 0.1) is 0 Å². The molecule has 6 heteroatoms. The van der Waals surface area contributed by atoms with Crippen molar-refractivity contribution >= 4 is 23.1 Å². The molecule has 0 aromatic heterocycles. The molecule has 3 rings (SSSR count). The Bertz CT molecular complexity index is 1100. The molecule has 0 aliphatic heterocycles. The quantitative estimate of drug-likeness (QED) is 0.479. The van der Waals surface area contributed by atoms with Crippen molar-refractivity contribution < 1.29 is 19.2 Å². The predicted molar refractivity (Wildman–Crippen MR) is 133 cm³/mol. The Labute approximate surface area is 201 Å². The molecule has 0 amide bonds. The van der Waals surface area contributed by atoms with Crippen molar-refractivity contribution in [2.75, 3.05) is 28.2 Å². The molecule has 0 N–H and O–H groups in total. The zero-order chi connectivity index (χ0) is 25.6. The number of carbonyl (C=O) groups excluding carboxylic acids is 4. The van der Waals surface area contributed by atoms with Crippen molar-refractivity contribution in [2.24, 2.45) is 0 Å². The van der Waals surface area contributed by atoms with Gasteiger partial charge < -0.3 is 0 Å². The smallest absolute Gasteiger partial charge is 0.233 e. The summed E-state index contributed by atoms with van der Waals surface area (Å²) in [6.45, 7) is 7.29. The fourth-order valence-electron chi connectivity index (χ4n) is 3.92. The van der Waals surface area contributed by atoms with Crippen molar-refractivity contribution in [2.45, 2.75) is 51.6 Å². The summed E-state index contributed by atoms with van der Waals surface area (Å²) in [4.78, 5) is 56.6. The average Bonchev–Trinajstić information content (AvgIpc) is 2.79. The lowest BCUT2D eigenvalue weighted by atomic mass is 9.83. The normalized spacial score (nSPS) is 14.5. The minimum Gasteiger partial charge on any atom is -0.297 e. The minimum atomic E-state index is -0.760. The van der Waals surface area contributed by atoms with E-state index in [9.17, 15) is 19.2 Å². The summed E-state index contributed by atoms with van der Waals surface area (Å²) in [6.07, 6.45) is 1.12. The molecule has 34 heavy (non-hydrogen) atoms. The summed E-state index contributed by atoms with van der Waals surface area (Å²) in [5.74, 6) is -1.54. The van der Waals surface area contributed by atoms with E-state index in [1.807, 2.05) is 65.7 Å². The summed E-state index contributed by atoms with van der Waals surface area (Å²) >= 11 is 0. The van der Waals surface area contributed by atoms with E-state index >= 15 is 0 Å². The maximum Gasteiger partial charge on any atom is 0.233 e. The molecular weight excluding hydrogens is 428 g/mol. The van der Waals surface area contributed by atoms with Crippen LogP contribution in [0.2, 0.25) is 0 Å². The molecule has 2 aromatic rings. The Morgan fingerprint density at radius 1 is 0.647 bits per heavy atom. The molecule has 6 nitrogen and oxygen atoms in total. The standard InChI is InChI=1S/C28H34N2O4/c1-27(2,29(5)6)25(33)19-13-11-17-9-10-18-12-14-20(26(34)28(3,4)30(7)8)16-22(18)24(32)23(31)21(17)15-19/h11-16H,9-10H2,1-8H3. The van der Waals surface area contributed by atoms with Crippen molar-refractivity contribution in [3.05, 3.63) is 69.8 Å². The maximum atomic E-state index is 13.3. The number of aryl methyl sites for hydroxylation is 2. The number of benzene rings is 2. The molecule has 0 saturated carbocycles. The van der Waals surface area contributed by atoms with E-state index in [0.717, 1.165) is 11.1 Å². The van der Waals surface area contributed by atoms with Gasteiger partial charge in [-0.25, -0.2) is 0 Å². The number of Topliss-reactive ketones (excluding diaryl/α,β-unsaturated/α-hetero) is 4. The molecule has 1 aliphatic rings. The van der Waals surface area contributed by atoms with Gasteiger partial charge in [0.2, 0.25) is 11.6 Å². The van der Waals surface area contributed by atoms with Crippen LogP contribution in [0.5, 0.6) is 0 Å². The Morgan fingerprint density at radius 3 is 1.26 bits per heavy atom. The van der Waals surface area contributed by atoms with Gasteiger partial charge in [-0.15, -0.1) is 0 Å². The summed E-state index contributed by atoms with van der Waals surface area (Å²) < 4.78 is 0. The van der Waals surface area contributed by atoms with Crippen molar-refractivity contribution in [3.63, 3.8) is 0 Å². The van der Waals surface area contributed by atoms with Gasteiger partial charge in [-0.2, -0.15) is 0 Å². The number of nitrogens with zero attached hydrogens (tertiary/aromatic N) is 2. The lowest BCUT2D eigenvalue weighted by Gasteiger charge is -2.31. The number of carbonyl (C=O) groups is 4. The van der Waals surface area contributed by atoms with E-state index in [1.165, 1.54) is 0 Å². The highest BCUT2D eigenvalue weighted by Crippen LogP contribution is 2.27. The molecule has 0 fully saturated rings. The van der Waals surface area contributed by atoms with Gasteiger partial charge in [-0.1, -0.05) is 24.3 Å². The van der Waals surface area contributed by atoms with Crippen LogP contribution >= 0.6 is 0 Å². The van der Waals surface area contributed by atoms with Crippen LogP contribution in [0.25, 0.3) is 0 Å². The molecule has 0 bridgehead atoms. The second kappa shape index (κ2) is 9.01. The third-order valence-electron chi connectivity index (χ3n) is 7.45. The third-order valence-corrected chi connectivity index (χ3v) is 7.45. The monoisotopic (exact) mass is 462 g/mol. The SMILES string of the molecule is CN(C)C(C)(C)C(=O)c1ccc2c(c1)C(=O)C(=O)c1cc(C(=O)C(C)(C)N(C)C)ccc1CC2. The minimum absolute atomic E-state index is 0.123. The van der Waals surface area contributed by atoms with E-state index in [2.05, 4.69) is 0 Å². The van der Waals surface area contributed by atoms with E-state index in [-0.39, 0.29) is 22.7 Å². The van der Waals surface area contributed by atoms with Crippen LogP contribution < -0.4 is 0 Å². The third kappa shape index (κ3) is 4.40. The van der Waals surface area contributed by atoms with Crippen LogP contribution in [0.3, 0.4) is 0 Å². The highest BCUT2D eigenvalue weighted by molar-refractivity contribution is 6.50. The molecule has 0 unspecified atom stereocenters. The maximum absolute atomic E-state index is 13.3. The summed E-state index contributed by atoms with van der Waals surface area (Å²) in [7, 11) is 7.31. The van der Waals surface area contributed by atoms with Crippen molar-refractivity contribution in [1.82, 2.24) is 9.80 Å². The molecule has 0 heterocycles. The second-order valence-corrected chi connectivity index (χ2v) is 10.5. The molecule has 0 radical (unpaired) electrons. The van der Waals surface area contributed by atoms with Gasteiger partial charge in [-0.3, -0.25) is 29.0 Å². The van der Waals surface area contributed by atoms with Crippen LogP contribution in [-0.4, -0.2) is 72.2 Å². The van der Waals surface area contributed by atoms with Gasteiger partial charge in [-0.05, 0) is 92.0 Å². The first-order chi connectivity index (χ1) is 15.7. The Balaban J connectivity index is 2.04. The first-order valence-corrected chi connectivity index (χ1v) is 11.5. The summed E-state index contributed by atoms with van der Waals surface area (Å²) in [5.41, 5.74) is 1.30. The van der Waals surface area contributed by atoms with E-state index < -0.39 is 22.6 Å². The van der Waals surface area contributed by atoms with E-state index in [0.29, 0.717) is 24.0 Å². The van der Waals surface area contributed by atoms with Crippen LogP contribution in [0.4, 0.5) is 0 Å². The van der Waals surface area contributed by atoms with Gasteiger partial charge in [0.25, 0.3) is 0 Å². The fraction of sp³-hybridized carbons (Fsp3) is 0.429. The Morgan fingerprint density at radius 2 is 0.971 bits per heavy atom. The second-order valence-electron chi connectivity index (χ2n) is 10.5. The number of ketones is 4. The Kier molecular flexibility index (Phi) is 6.80. The van der Waals surface area contributed by atoms with Gasteiger partial charge >= 0.3 is 0 Å². The molecule has 0 saturated heterocycles. The molecule has 2 aromatic carbocycles. The topological polar surface area (TPSA) is 74.8 Å². The lowest BCUT2D eigenvalue weighted by Crippen LogP contribution is -2.45. The van der Waals surface area contributed by atoms with Crippen molar-refractivity contribution in [1.29, 1.82) is 0 Å². The lowest BCUT2D eigenvalue weighted by molar-refractivity contribution is 0.0748. The van der Waals surface area contributed by atoms with Crippen LogP contribution in [0.15, 0.2) is 36.4 Å². The van der Waals surface area contributed by atoms with Gasteiger partial charge in [0.1, 0.15) is 0 Å². The Hall–Kier alpha value is -2.96. The highest BCUT2D eigenvalue weighted by atomic mass is 16.2. The molecular formula is C28H34N2O4. The first kappa shape index (κ1) is 25.7. The number of hydrogen-bond acceptors (Lipinski definition) is 6. The molecule has 0 atom stereocenters. The van der Waals surface area contributed by atoms with E-state index in [4.69, 9.17) is 0 Å². The molecule has 180 valence electrons. The molecule has 0 spiro atoms. The van der Waals surface area contributed by atoms with Crippen LogP contribution in [-0.2, 0) is 12.8 Å². The predicted octanol–water partition coefficient (Wildman–Crippen LogP) is 3.90. The highest BCUT2D eigenvalue weighted by Gasteiger charge is 2.34. The largest absolute Gasteiger partial charge is 0.297 e. The zero-order valence-corrected chi connectivity index (χ0v) is 21.4. The average molecular weight is 463 g/mol. The number of fused-ring (bicyclic) bond motifs is 2. The summed E-state index contributed by atoms with van der Waals surface area (Å²) in [6, 6.07) is 10.1. The first-order valence-electron chi connectivity index (χ1n) is 11.5. The number of rotatable bonds is 6. The number of hydrogen-bond donors (Lipinski definition) is 0. The van der Waals surface area contributed by atoms with Gasteiger partial charge in [0, 0.05) is 22.3 Å². The van der Waals surface area contributed by atoms with Crippen molar-refractivity contribution in [3.8, 4) is 0 Å². The molecule has 1 aliphatic carbocycles.